The second kappa shape index (κ2) is 12.9. The van der Waals surface area contributed by atoms with Crippen molar-refractivity contribution in [2.75, 3.05) is 19.8 Å². The van der Waals surface area contributed by atoms with Crippen LogP contribution >= 0.6 is 0 Å². The number of carbonyl (C=O) groups excluding carboxylic acids is 2. The Morgan fingerprint density at radius 2 is 1.58 bits per heavy atom. The van der Waals surface area contributed by atoms with Gasteiger partial charge in [-0.3, -0.25) is 9.59 Å². The van der Waals surface area contributed by atoms with E-state index in [1.54, 1.807) is 54.6 Å². The number of nitrogens with one attached hydrogen (secondary N) is 2. The maximum Gasteiger partial charge on any atom is 0.267 e. The molecular weight excluding hydrogens is 480 g/mol. The van der Waals surface area contributed by atoms with E-state index >= 15 is 0 Å². The molecule has 3 aromatic carbocycles. The number of aliphatic hydroxyl groups is 1. The Kier molecular flexibility index (Phi) is 9.16. The highest BCUT2D eigenvalue weighted by molar-refractivity contribution is 6.05. The van der Waals surface area contributed by atoms with Gasteiger partial charge in [0, 0.05) is 18.0 Å². The van der Waals surface area contributed by atoms with Crippen molar-refractivity contribution in [3.63, 3.8) is 0 Å². The van der Waals surface area contributed by atoms with Crippen LogP contribution in [0.1, 0.15) is 40.9 Å². The SMILES string of the molecule is CC(C)Oc1ccc(/C=C(\NC(=O)c2ccc(OCC3Cc4ccccc4C3)cc2)C(=O)NCCO)cc1. The first-order chi connectivity index (χ1) is 18.4. The normalized spacial score (nSPS) is 13.2. The van der Waals surface area contributed by atoms with Crippen LogP contribution in [0.5, 0.6) is 11.5 Å². The van der Waals surface area contributed by atoms with Gasteiger partial charge in [-0.25, -0.2) is 0 Å². The Labute approximate surface area is 223 Å². The van der Waals surface area contributed by atoms with Crippen LogP contribution in [0.25, 0.3) is 6.08 Å². The molecule has 0 fully saturated rings. The van der Waals surface area contributed by atoms with Gasteiger partial charge in [0.25, 0.3) is 11.8 Å². The maximum atomic E-state index is 13.0. The Morgan fingerprint density at radius 1 is 0.947 bits per heavy atom. The average Bonchev–Trinajstić information content (AvgIpc) is 3.34. The Balaban J connectivity index is 1.38. The van der Waals surface area contributed by atoms with Gasteiger partial charge >= 0.3 is 0 Å². The summed E-state index contributed by atoms with van der Waals surface area (Å²) < 4.78 is 11.7. The number of carbonyl (C=O) groups is 2. The quantitative estimate of drug-likeness (QED) is 0.334. The van der Waals surface area contributed by atoms with E-state index in [1.807, 2.05) is 13.8 Å². The highest BCUT2D eigenvalue weighted by Crippen LogP contribution is 2.27. The molecule has 0 aliphatic heterocycles. The minimum absolute atomic E-state index is 0.0483. The Bertz CT molecular complexity index is 1240. The lowest BCUT2D eigenvalue weighted by Crippen LogP contribution is -2.36. The third-order valence-electron chi connectivity index (χ3n) is 6.19. The predicted octanol–water partition coefficient (Wildman–Crippen LogP) is 4.15. The molecule has 0 radical (unpaired) electrons. The molecule has 38 heavy (non-hydrogen) atoms. The molecule has 3 N–H and O–H groups in total. The van der Waals surface area contributed by atoms with Gasteiger partial charge in [0.1, 0.15) is 17.2 Å². The second-order valence-corrected chi connectivity index (χ2v) is 9.61. The monoisotopic (exact) mass is 514 g/mol. The lowest BCUT2D eigenvalue weighted by atomic mass is 10.1. The minimum atomic E-state index is -0.493. The van der Waals surface area contributed by atoms with Gasteiger partial charge in [0.15, 0.2) is 0 Å². The number of rotatable bonds is 11. The second-order valence-electron chi connectivity index (χ2n) is 9.61. The topological polar surface area (TPSA) is 96.9 Å². The molecule has 0 heterocycles. The molecular formula is C31H34N2O5. The first kappa shape index (κ1) is 26.9. The fourth-order valence-corrected chi connectivity index (χ4v) is 4.38. The molecule has 7 heteroatoms. The fraction of sp³-hybridized carbons (Fsp3) is 0.290. The summed E-state index contributed by atoms with van der Waals surface area (Å²) in [6.45, 7) is 4.37. The zero-order valence-electron chi connectivity index (χ0n) is 21.8. The number of hydrogen-bond donors (Lipinski definition) is 3. The van der Waals surface area contributed by atoms with Crippen molar-refractivity contribution < 1.29 is 24.2 Å². The fourth-order valence-electron chi connectivity index (χ4n) is 4.38. The van der Waals surface area contributed by atoms with E-state index in [1.165, 1.54) is 11.1 Å². The van der Waals surface area contributed by atoms with E-state index in [-0.39, 0.29) is 25.0 Å². The number of aliphatic hydroxyl groups excluding tert-OH is 1. The molecule has 1 aliphatic rings. The van der Waals surface area contributed by atoms with Crippen molar-refractivity contribution in [3.05, 3.63) is 101 Å². The number of ether oxygens (including phenoxy) is 2. The van der Waals surface area contributed by atoms with Crippen LogP contribution in [0.3, 0.4) is 0 Å². The summed E-state index contributed by atoms with van der Waals surface area (Å²) in [5.41, 5.74) is 3.96. The van der Waals surface area contributed by atoms with Crippen LogP contribution in [-0.4, -0.2) is 42.8 Å². The minimum Gasteiger partial charge on any atom is -0.493 e. The smallest absolute Gasteiger partial charge is 0.267 e. The molecule has 7 nitrogen and oxygen atoms in total. The molecule has 0 bridgehead atoms. The van der Waals surface area contributed by atoms with Crippen molar-refractivity contribution in [2.45, 2.75) is 32.8 Å². The molecule has 4 rings (SSSR count). The van der Waals surface area contributed by atoms with Crippen molar-refractivity contribution in [3.8, 4) is 11.5 Å². The molecule has 2 amide bonds. The van der Waals surface area contributed by atoms with Crippen molar-refractivity contribution in [2.24, 2.45) is 5.92 Å². The van der Waals surface area contributed by atoms with Crippen LogP contribution in [0.4, 0.5) is 0 Å². The van der Waals surface area contributed by atoms with Gasteiger partial charge in [0.2, 0.25) is 0 Å². The van der Waals surface area contributed by atoms with Crippen LogP contribution in [0.2, 0.25) is 0 Å². The molecule has 0 aromatic heterocycles. The van der Waals surface area contributed by atoms with Gasteiger partial charge in [-0.1, -0.05) is 36.4 Å². The Hall–Kier alpha value is -4.10. The Morgan fingerprint density at radius 3 is 2.18 bits per heavy atom. The van der Waals surface area contributed by atoms with Gasteiger partial charge in [0.05, 0.1) is 19.3 Å². The summed E-state index contributed by atoms with van der Waals surface area (Å²) in [6, 6.07) is 22.6. The van der Waals surface area contributed by atoms with Gasteiger partial charge < -0.3 is 25.2 Å². The number of fused-ring (bicyclic) bond motifs is 1. The molecule has 0 atom stereocenters. The molecule has 0 spiro atoms. The van der Waals surface area contributed by atoms with Crippen molar-refractivity contribution in [1.82, 2.24) is 10.6 Å². The van der Waals surface area contributed by atoms with Gasteiger partial charge in [-0.05, 0) is 85.9 Å². The highest BCUT2D eigenvalue weighted by Gasteiger charge is 2.21. The summed E-state index contributed by atoms with van der Waals surface area (Å²) in [5, 5.41) is 14.4. The summed E-state index contributed by atoms with van der Waals surface area (Å²) >= 11 is 0. The third-order valence-corrected chi connectivity index (χ3v) is 6.19. The number of amides is 2. The first-order valence-electron chi connectivity index (χ1n) is 12.9. The molecule has 0 unspecified atom stereocenters. The third kappa shape index (κ3) is 7.46. The summed E-state index contributed by atoms with van der Waals surface area (Å²) in [5.74, 6) is 0.928. The van der Waals surface area contributed by atoms with E-state index in [2.05, 4.69) is 34.9 Å². The molecule has 3 aromatic rings. The summed E-state index contributed by atoms with van der Waals surface area (Å²) in [7, 11) is 0. The summed E-state index contributed by atoms with van der Waals surface area (Å²) in [4.78, 5) is 25.6. The van der Waals surface area contributed by atoms with Crippen LogP contribution < -0.4 is 20.1 Å². The molecule has 1 aliphatic carbocycles. The standard InChI is InChI=1S/C31H34N2O5/c1-21(2)38-28-11-7-22(8-12-28)19-29(31(36)32-15-16-34)33-30(35)24-9-13-27(14-10-24)37-20-23-17-25-5-3-4-6-26(25)18-23/h3-14,19,21,23,34H,15-18,20H2,1-2H3,(H,32,36)(H,33,35)/b29-19-. The lowest BCUT2D eigenvalue weighted by molar-refractivity contribution is -0.117. The summed E-state index contributed by atoms with van der Waals surface area (Å²) in [6.07, 6.45) is 3.66. The van der Waals surface area contributed by atoms with E-state index in [9.17, 15) is 9.59 Å². The van der Waals surface area contributed by atoms with Crippen LogP contribution in [0, 0.1) is 5.92 Å². The molecule has 0 saturated carbocycles. The zero-order chi connectivity index (χ0) is 26.9. The maximum absolute atomic E-state index is 13.0. The number of hydrogen-bond acceptors (Lipinski definition) is 5. The largest absolute Gasteiger partial charge is 0.493 e. The van der Waals surface area contributed by atoms with Gasteiger partial charge in [-0.15, -0.1) is 0 Å². The molecule has 198 valence electrons. The van der Waals surface area contributed by atoms with E-state index < -0.39 is 11.8 Å². The van der Waals surface area contributed by atoms with Crippen molar-refractivity contribution >= 4 is 17.9 Å². The number of benzene rings is 3. The van der Waals surface area contributed by atoms with Crippen LogP contribution in [-0.2, 0) is 17.6 Å². The van der Waals surface area contributed by atoms with Gasteiger partial charge in [-0.2, -0.15) is 0 Å². The van der Waals surface area contributed by atoms with E-state index in [0.29, 0.717) is 35.2 Å². The highest BCUT2D eigenvalue weighted by atomic mass is 16.5. The zero-order valence-corrected chi connectivity index (χ0v) is 21.8. The van der Waals surface area contributed by atoms with E-state index in [4.69, 9.17) is 14.6 Å². The van der Waals surface area contributed by atoms with Crippen molar-refractivity contribution in [1.29, 1.82) is 0 Å². The lowest BCUT2D eigenvalue weighted by Gasteiger charge is -2.13. The van der Waals surface area contributed by atoms with E-state index in [0.717, 1.165) is 12.8 Å². The first-order valence-corrected chi connectivity index (χ1v) is 12.9. The molecule has 0 saturated heterocycles. The predicted molar refractivity (Wildman–Crippen MR) is 147 cm³/mol. The van der Waals surface area contributed by atoms with Crippen LogP contribution in [0.15, 0.2) is 78.5 Å². The average molecular weight is 515 g/mol.